The summed E-state index contributed by atoms with van der Waals surface area (Å²) in [6.45, 7) is 1.93. The van der Waals surface area contributed by atoms with Crippen LogP contribution < -0.4 is 0 Å². The number of fused-ring (bicyclic) bond motifs is 4. The molecule has 0 atom stereocenters. The second-order valence-corrected chi connectivity index (χ2v) is 14.2. The van der Waals surface area contributed by atoms with Crippen LogP contribution in [0.1, 0.15) is 36.6 Å². The van der Waals surface area contributed by atoms with Gasteiger partial charge in [-0.25, -0.2) is 0 Å². The molecule has 0 aromatic heterocycles. The van der Waals surface area contributed by atoms with Crippen molar-refractivity contribution in [2.45, 2.75) is 6.92 Å². The van der Waals surface area contributed by atoms with Crippen LogP contribution in [0.15, 0.2) is 182 Å². The van der Waals surface area contributed by atoms with Crippen molar-refractivity contribution >= 4 is 93.6 Å². The van der Waals surface area contributed by atoms with E-state index >= 15 is 0 Å². The van der Waals surface area contributed by atoms with E-state index in [1.165, 1.54) is 10.8 Å². The molecule has 56 heavy (non-hydrogen) atoms. The molecule has 3 nitrogen and oxygen atoms in total. The zero-order valence-electron chi connectivity index (χ0n) is 30.2. The SMILES string of the molecule is Cc1c(C(=O)Cl)cccc1-c1ccc2ccccc2c1.O=C(Cl)c1ccc2ccccc2c1-c1cccc2ccccc12.O=C(Cl)c1cccc2ccccc12. The molecule has 9 aromatic rings. The van der Waals surface area contributed by atoms with Crippen LogP contribution in [-0.4, -0.2) is 15.7 Å². The Morgan fingerprint density at radius 2 is 0.804 bits per heavy atom. The fourth-order valence-electron chi connectivity index (χ4n) is 7.08. The van der Waals surface area contributed by atoms with Gasteiger partial charge in [-0.1, -0.05) is 158 Å². The molecule has 0 spiro atoms. The van der Waals surface area contributed by atoms with Crippen LogP contribution in [0.3, 0.4) is 0 Å². The van der Waals surface area contributed by atoms with Crippen molar-refractivity contribution in [3.63, 3.8) is 0 Å². The molecule has 0 unspecified atom stereocenters. The Balaban J connectivity index is 0.000000134. The third-order valence-corrected chi connectivity index (χ3v) is 10.4. The summed E-state index contributed by atoms with van der Waals surface area (Å²) in [4.78, 5) is 34.4. The Labute approximate surface area is 339 Å². The highest BCUT2D eigenvalue weighted by atomic mass is 35.5. The van der Waals surface area contributed by atoms with E-state index in [0.717, 1.165) is 60.1 Å². The quantitative estimate of drug-likeness (QED) is 0.163. The van der Waals surface area contributed by atoms with E-state index in [9.17, 15) is 14.4 Å². The average molecular weight is 788 g/mol. The summed E-state index contributed by atoms with van der Waals surface area (Å²) in [5.41, 5.74) is 6.67. The van der Waals surface area contributed by atoms with Crippen molar-refractivity contribution in [1.29, 1.82) is 0 Å². The molecule has 0 fully saturated rings. The molecule has 0 saturated heterocycles. The molecule has 0 radical (unpaired) electrons. The lowest BCUT2D eigenvalue weighted by atomic mass is 9.90. The summed E-state index contributed by atoms with van der Waals surface area (Å²) in [7, 11) is 0. The van der Waals surface area contributed by atoms with Gasteiger partial charge in [0.15, 0.2) is 0 Å². The van der Waals surface area contributed by atoms with Gasteiger partial charge in [0.2, 0.25) is 0 Å². The minimum absolute atomic E-state index is 0.406. The summed E-state index contributed by atoms with van der Waals surface area (Å²) in [6, 6.07) is 59.5. The van der Waals surface area contributed by atoms with Gasteiger partial charge in [0.25, 0.3) is 15.7 Å². The van der Waals surface area contributed by atoms with Crippen molar-refractivity contribution in [2.75, 3.05) is 0 Å². The highest BCUT2D eigenvalue weighted by Crippen LogP contribution is 2.37. The van der Waals surface area contributed by atoms with Gasteiger partial charge in [-0.05, 0) is 131 Å². The number of carbonyl (C=O) groups is 3. The first kappa shape index (κ1) is 38.2. The predicted molar refractivity (Wildman–Crippen MR) is 236 cm³/mol. The Morgan fingerprint density at radius 1 is 0.357 bits per heavy atom. The van der Waals surface area contributed by atoms with Gasteiger partial charge in [-0.2, -0.15) is 0 Å². The maximum atomic E-state index is 12.0. The molecule has 9 aromatic carbocycles. The second-order valence-electron chi connectivity index (χ2n) is 13.1. The maximum absolute atomic E-state index is 12.0. The van der Waals surface area contributed by atoms with Crippen LogP contribution in [0.25, 0.3) is 65.3 Å². The fraction of sp³-hybridized carbons (Fsp3) is 0.0200. The van der Waals surface area contributed by atoms with Gasteiger partial charge in [-0.3, -0.25) is 14.4 Å². The van der Waals surface area contributed by atoms with Crippen LogP contribution >= 0.6 is 34.8 Å². The number of hydrogen-bond acceptors (Lipinski definition) is 3. The Hall–Kier alpha value is -6.10. The average Bonchev–Trinajstić information content (AvgIpc) is 3.23. The molecule has 0 aliphatic carbocycles. The first-order valence-electron chi connectivity index (χ1n) is 17.9. The number of benzene rings is 9. The Bertz CT molecular complexity index is 2920. The standard InChI is InChI=1S/C21H13ClO.C18H13ClO.C11H7ClO/c22-21(23)19-13-12-15-7-2-4-10-17(15)20(19)18-11-5-8-14-6-1-3-9-16(14)18;1-12-16(7-4-8-17(12)18(19)20)15-10-9-13-5-2-3-6-14(13)11-15;12-11(13)10-7-3-5-8-4-1-2-6-9(8)10/h1-13H;2-11H,1H3;1-7H. The molecule has 0 N–H and O–H groups in total. The third-order valence-electron chi connectivity index (χ3n) is 9.81. The van der Waals surface area contributed by atoms with Gasteiger partial charge in [0, 0.05) is 22.3 Å². The van der Waals surface area contributed by atoms with Gasteiger partial charge in [0.1, 0.15) is 0 Å². The minimum atomic E-state index is -0.432. The lowest BCUT2D eigenvalue weighted by Gasteiger charge is -2.13. The van der Waals surface area contributed by atoms with Crippen LogP contribution in [0.2, 0.25) is 0 Å². The molecule has 0 saturated carbocycles. The summed E-state index contributed by atoms with van der Waals surface area (Å²) >= 11 is 16.9. The van der Waals surface area contributed by atoms with Crippen molar-refractivity contribution in [3.05, 3.63) is 204 Å². The summed E-state index contributed by atoms with van der Waals surface area (Å²) in [5.74, 6) is 0. The monoisotopic (exact) mass is 786 g/mol. The van der Waals surface area contributed by atoms with Gasteiger partial charge < -0.3 is 0 Å². The zero-order valence-corrected chi connectivity index (χ0v) is 32.4. The number of halogens is 3. The van der Waals surface area contributed by atoms with E-state index in [1.54, 1.807) is 12.1 Å². The molecule has 0 heterocycles. The topological polar surface area (TPSA) is 51.2 Å². The van der Waals surface area contributed by atoms with Crippen LogP contribution in [0, 0.1) is 6.92 Å². The lowest BCUT2D eigenvalue weighted by Crippen LogP contribution is -1.95. The van der Waals surface area contributed by atoms with Gasteiger partial charge >= 0.3 is 0 Å². The largest absolute Gasteiger partial charge is 0.276 e. The highest BCUT2D eigenvalue weighted by molar-refractivity contribution is 6.69. The maximum Gasteiger partial charge on any atom is 0.253 e. The van der Waals surface area contributed by atoms with E-state index in [4.69, 9.17) is 34.8 Å². The molecule has 272 valence electrons. The van der Waals surface area contributed by atoms with Crippen LogP contribution in [-0.2, 0) is 0 Å². The van der Waals surface area contributed by atoms with E-state index in [2.05, 4.69) is 48.5 Å². The van der Waals surface area contributed by atoms with Gasteiger partial charge in [0.05, 0.1) is 0 Å². The number of carbonyl (C=O) groups excluding carboxylic acids is 3. The van der Waals surface area contributed by atoms with E-state index < -0.39 is 15.7 Å². The Morgan fingerprint density at radius 3 is 1.46 bits per heavy atom. The van der Waals surface area contributed by atoms with Gasteiger partial charge in [-0.15, -0.1) is 0 Å². The summed E-state index contributed by atoms with van der Waals surface area (Å²) < 4.78 is 0. The number of hydrogen-bond donors (Lipinski definition) is 0. The van der Waals surface area contributed by atoms with Crippen molar-refractivity contribution < 1.29 is 14.4 Å². The molecular weight excluding hydrogens is 755 g/mol. The smallest absolute Gasteiger partial charge is 0.253 e. The van der Waals surface area contributed by atoms with Crippen molar-refractivity contribution in [2.24, 2.45) is 0 Å². The minimum Gasteiger partial charge on any atom is -0.276 e. The molecule has 6 heteroatoms. The normalized spacial score (nSPS) is 10.7. The number of rotatable bonds is 5. The van der Waals surface area contributed by atoms with E-state index in [-0.39, 0.29) is 0 Å². The summed E-state index contributed by atoms with van der Waals surface area (Å²) in [5, 5.41) is 7.48. The molecule has 0 amide bonds. The Kier molecular flexibility index (Phi) is 11.7. The summed E-state index contributed by atoms with van der Waals surface area (Å²) in [6.07, 6.45) is 0. The van der Waals surface area contributed by atoms with Crippen molar-refractivity contribution in [3.8, 4) is 22.3 Å². The fourth-order valence-corrected chi connectivity index (χ4v) is 7.61. The molecule has 0 aliphatic rings. The van der Waals surface area contributed by atoms with Crippen LogP contribution in [0.5, 0.6) is 0 Å². The van der Waals surface area contributed by atoms with E-state index in [1.807, 2.05) is 128 Å². The third kappa shape index (κ3) is 8.12. The van der Waals surface area contributed by atoms with Crippen molar-refractivity contribution in [1.82, 2.24) is 0 Å². The molecule has 0 aliphatic heterocycles. The lowest BCUT2D eigenvalue weighted by molar-refractivity contribution is 0.107. The van der Waals surface area contributed by atoms with E-state index in [0.29, 0.717) is 16.7 Å². The van der Waals surface area contributed by atoms with Crippen LogP contribution in [0.4, 0.5) is 0 Å². The highest BCUT2D eigenvalue weighted by Gasteiger charge is 2.16. The first-order chi connectivity index (χ1) is 27.2. The predicted octanol–water partition coefficient (Wildman–Crippen LogP) is 14.5. The first-order valence-corrected chi connectivity index (χ1v) is 19.0. The molecular formula is C50H33Cl3O3. The molecule has 0 bridgehead atoms. The molecule has 9 rings (SSSR count). The second kappa shape index (κ2) is 17.1. The zero-order chi connectivity index (χ0) is 39.2.